The van der Waals surface area contributed by atoms with Crippen LogP contribution in [0.3, 0.4) is 0 Å². The van der Waals surface area contributed by atoms with Gasteiger partial charge in [0.05, 0.1) is 0 Å². The summed E-state index contributed by atoms with van der Waals surface area (Å²) >= 11 is 7.64. The summed E-state index contributed by atoms with van der Waals surface area (Å²) in [4.78, 5) is 12.2. The Morgan fingerprint density at radius 1 is 1.24 bits per heavy atom. The van der Waals surface area contributed by atoms with Crippen LogP contribution in [-0.2, 0) is 5.75 Å². The minimum absolute atomic E-state index is 0.0899. The smallest absolute Gasteiger partial charge is 0.251 e. The fourth-order valence-corrected chi connectivity index (χ4v) is 2.99. The molecule has 1 N–H and O–H groups in total. The number of halogens is 1. The lowest BCUT2D eigenvalue weighted by molar-refractivity contribution is 0.0956. The van der Waals surface area contributed by atoms with Crippen LogP contribution in [-0.4, -0.2) is 24.8 Å². The third kappa shape index (κ3) is 7.24. The molecular weight excluding hydrogens is 354 g/mol. The molecule has 0 saturated heterocycles. The van der Waals surface area contributed by atoms with Crippen molar-refractivity contribution in [3.63, 3.8) is 0 Å². The van der Waals surface area contributed by atoms with Crippen molar-refractivity contribution in [3.05, 3.63) is 76.8 Å². The van der Waals surface area contributed by atoms with Gasteiger partial charge in [-0.15, -0.1) is 0 Å². The molecule has 2 rings (SSSR count). The summed E-state index contributed by atoms with van der Waals surface area (Å²) in [6.45, 7) is 6.77. The predicted molar refractivity (Wildman–Crippen MR) is 107 cm³/mol. The van der Waals surface area contributed by atoms with E-state index in [9.17, 15) is 4.79 Å². The van der Waals surface area contributed by atoms with Crippen LogP contribution in [0.4, 0.5) is 0 Å². The van der Waals surface area contributed by atoms with Crippen molar-refractivity contribution >= 4 is 29.3 Å². The van der Waals surface area contributed by atoms with E-state index in [1.807, 2.05) is 43.3 Å². The van der Waals surface area contributed by atoms with Crippen molar-refractivity contribution in [2.75, 3.05) is 18.9 Å². The normalized spacial score (nSPS) is 10.3. The second kappa shape index (κ2) is 10.2. The first-order valence-corrected chi connectivity index (χ1v) is 9.55. The molecule has 0 atom stereocenters. The van der Waals surface area contributed by atoms with E-state index in [1.54, 1.807) is 23.9 Å². The van der Waals surface area contributed by atoms with Gasteiger partial charge in [0.25, 0.3) is 5.91 Å². The van der Waals surface area contributed by atoms with Gasteiger partial charge in [-0.2, -0.15) is 11.8 Å². The van der Waals surface area contributed by atoms with Gasteiger partial charge in [-0.25, -0.2) is 0 Å². The molecule has 0 spiro atoms. The quantitative estimate of drug-likeness (QED) is 0.497. The lowest BCUT2D eigenvalue weighted by Gasteiger charge is -2.09. The molecule has 0 saturated carbocycles. The van der Waals surface area contributed by atoms with Gasteiger partial charge < -0.3 is 10.1 Å². The Morgan fingerprint density at radius 2 is 2.00 bits per heavy atom. The van der Waals surface area contributed by atoms with E-state index < -0.39 is 0 Å². The Bertz CT molecular complexity index is 716. The van der Waals surface area contributed by atoms with E-state index in [1.165, 1.54) is 5.56 Å². The van der Waals surface area contributed by atoms with Crippen molar-refractivity contribution in [2.45, 2.75) is 12.7 Å². The van der Waals surface area contributed by atoms with Crippen LogP contribution in [0.1, 0.15) is 22.8 Å². The monoisotopic (exact) mass is 375 g/mol. The predicted octanol–water partition coefficient (Wildman–Crippen LogP) is 4.96. The number of nitrogens with one attached hydrogen (secondary N) is 1. The maximum absolute atomic E-state index is 12.2. The average Bonchev–Trinajstić information content (AvgIpc) is 2.61. The van der Waals surface area contributed by atoms with E-state index >= 15 is 0 Å². The minimum atomic E-state index is -0.0899. The van der Waals surface area contributed by atoms with Crippen molar-refractivity contribution in [1.82, 2.24) is 5.32 Å². The Labute approximate surface area is 158 Å². The Balaban J connectivity index is 1.71. The van der Waals surface area contributed by atoms with Crippen LogP contribution in [0.2, 0.25) is 5.02 Å². The van der Waals surface area contributed by atoms with Crippen molar-refractivity contribution in [3.8, 4) is 5.75 Å². The van der Waals surface area contributed by atoms with Crippen molar-refractivity contribution < 1.29 is 9.53 Å². The Hall–Kier alpha value is -1.91. The third-order valence-electron chi connectivity index (χ3n) is 3.30. The van der Waals surface area contributed by atoms with Crippen LogP contribution in [0.5, 0.6) is 5.75 Å². The summed E-state index contributed by atoms with van der Waals surface area (Å²) < 4.78 is 5.57. The Kier molecular flexibility index (Phi) is 7.89. The van der Waals surface area contributed by atoms with Gasteiger partial charge in [-0.1, -0.05) is 36.4 Å². The number of thioether (sulfide) groups is 1. The fourth-order valence-electron chi connectivity index (χ4n) is 2.04. The summed E-state index contributed by atoms with van der Waals surface area (Å²) in [5.74, 6) is 2.33. The highest BCUT2D eigenvalue weighted by molar-refractivity contribution is 7.98. The molecule has 2 aromatic carbocycles. The summed E-state index contributed by atoms with van der Waals surface area (Å²) in [6.07, 6.45) is 0. The van der Waals surface area contributed by atoms with Crippen molar-refractivity contribution in [1.29, 1.82) is 0 Å². The maximum atomic E-state index is 12.2. The number of carbonyl (C=O) groups excluding carboxylic acids is 1. The number of hydrogen-bond acceptors (Lipinski definition) is 3. The van der Waals surface area contributed by atoms with E-state index in [4.69, 9.17) is 16.3 Å². The molecule has 0 aliphatic carbocycles. The first-order valence-electron chi connectivity index (χ1n) is 8.02. The number of rotatable bonds is 9. The zero-order valence-electron chi connectivity index (χ0n) is 14.3. The number of amides is 1. The van der Waals surface area contributed by atoms with Gasteiger partial charge in [-0.3, -0.25) is 4.79 Å². The average molecular weight is 376 g/mol. The van der Waals surface area contributed by atoms with Gasteiger partial charge in [0, 0.05) is 28.6 Å². The highest BCUT2D eigenvalue weighted by atomic mass is 35.5. The van der Waals surface area contributed by atoms with Crippen molar-refractivity contribution in [2.24, 2.45) is 0 Å². The number of carbonyl (C=O) groups is 1. The molecule has 0 unspecified atom stereocenters. The van der Waals surface area contributed by atoms with Gasteiger partial charge >= 0.3 is 0 Å². The molecule has 0 radical (unpaired) electrons. The molecule has 25 heavy (non-hydrogen) atoms. The van der Waals surface area contributed by atoms with Crippen LogP contribution in [0, 0.1) is 0 Å². The number of hydrogen-bond donors (Lipinski definition) is 1. The molecule has 0 aromatic heterocycles. The van der Waals surface area contributed by atoms with E-state index in [0.717, 1.165) is 22.1 Å². The van der Waals surface area contributed by atoms with Crippen LogP contribution in [0.15, 0.2) is 60.7 Å². The summed E-state index contributed by atoms with van der Waals surface area (Å²) in [7, 11) is 0. The maximum Gasteiger partial charge on any atom is 0.251 e. The lowest BCUT2D eigenvalue weighted by atomic mass is 10.2. The molecule has 1 amide bonds. The first-order chi connectivity index (χ1) is 12.0. The van der Waals surface area contributed by atoms with E-state index in [2.05, 4.69) is 11.9 Å². The molecule has 132 valence electrons. The molecule has 0 aliphatic rings. The van der Waals surface area contributed by atoms with Crippen LogP contribution < -0.4 is 10.1 Å². The Morgan fingerprint density at radius 3 is 2.72 bits per heavy atom. The zero-order valence-corrected chi connectivity index (χ0v) is 15.8. The highest BCUT2D eigenvalue weighted by Crippen LogP contribution is 2.16. The SMILES string of the molecule is C=C(C)COc1cccc(C(=O)NCCSCc2ccc(Cl)cc2)c1. The van der Waals surface area contributed by atoms with Gasteiger partial charge in [0.2, 0.25) is 0 Å². The number of benzene rings is 2. The van der Waals surface area contributed by atoms with Crippen LogP contribution in [0.25, 0.3) is 0 Å². The molecule has 0 bridgehead atoms. The highest BCUT2D eigenvalue weighted by Gasteiger charge is 2.06. The standard InChI is InChI=1S/C20H22ClNO2S/c1-15(2)13-24-19-5-3-4-17(12-19)20(23)22-10-11-25-14-16-6-8-18(21)9-7-16/h3-9,12H,1,10-11,13-14H2,2H3,(H,22,23). The minimum Gasteiger partial charge on any atom is -0.489 e. The topological polar surface area (TPSA) is 38.3 Å². The molecule has 0 fully saturated rings. The molecular formula is C20H22ClNO2S. The summed E-state index contributed by atoms with van der Waals surface area (Å²) in [5, 5.41) is 3.68. The number of ether oxygens (including phenoxy) is 1. The van der Waals surface area contributed by atoms with Gasteiger partial charge in [0.1, 0.15) is 12.4 Å². The molecule has 0 aliphatic heterocycles. The largest absolute Gasteiger partial charge is 0.489 e. The molecule has 2 aromatic rings. The zero-order chi connectivity index (χ0) is 18.1. The molecule has 5 heteroatoms. The molecule has 3 nitrogen and oxygen atoms in total. The van der Waals surface area contributed by atoms with E-state index in [-0.39, 0.29) is 5.91 Å². The summed E-state index contributed by atoms with van der Waals surface area (Å²) in [6, 6.07) is 15.0. The van der Waals surface area contributed by atoms with E-state index in [0.29, 0.717) is 24.5 Å². The first kappa shape index (κ1) is 19.4. The second-order valence-corrected chi connectivity index (χ2v) is 7.25. The lowest BCUT2D eigenvalue weighted by Crippen LogP contribution is -2.25. The van der Waals surface area contributed by atoms with Crippen LogP contribution >= 0.6 is 23.4 Å². The third-order valence-corrected chi connectivity index (χ3v) is 4.58. The fraction of sp³-hybridized carbons (Fsp3) is 0.250. The second-order valence-electron chi connectivity index (χ2n) is 5.71. The van der Waals surface area contributed by atoms with Gasteiger partial charge in [-0.05, 0) is 48.4 Å². The molecule has 0 heterocycles. The van der Waals surface area contributed by atoms with Gasteiger partial charge in [0.15, 0.2) is 0 Å². The summed E-state index contributed by atoms with van der Waals surface area (Å²) in [5.41, 5.74) is 2.76.